The molecule has 0 saturated carbocycles. The molecule has 6 rings (SSSR count). The van der Waals surface area contributed by atoms with Crippen LogP contribution >= 0.6 is 23.2 Å². The van der Waals surface area contributed by atoms with Gasteiger partial charge in [0, 0.05) is 0 Å². The van der Waals surface area contributed by atoms with Crippen LogP contribution in [0.1, 0.15) is 113 Å². The van der Waals surface area contributed by atoms with Gasteiger partial charge in [0.15, 0.2) is 0 Å². The largest absolute Gasteiger partial charge is 1.00 e. The normalized spacial score (nSPS) is 13.5. The summed E-state index contributed by atoms with van der Waals surface area (Å²) >= 11 is 10.4. The quantitative estimate of drug-likeness (QED) is 0.168. The molecule has 0 atom stereocenters. The van der Waals surface area contributed by atoms with E-state index in [1.165, 1.54) is 70.2 Å². The molecule has 2 aliphatic rings. The fraction of sp³-hybridized carbons (Fsp3) is 0.356. The predicted octanol–water partition coefficient (Wildman–Crippen LogP) is 8.23. The third-order valence-corrected chi connectivity index (χ3v) is 19.3. The smallest absolute Gasteiger partial charge is 1.00 e. The van der Waals surface area contributed by atoms with Gasteiger partial charge >= 0.3 is 310 Å². The van der Waals surface area contributed by atoms with Gasteiger partial charge in [-0.1, -0.05) is 0 Å². The Hall–Kier alpha value is -1.73. The average molecular weight is 824 g/mol. The van der Waals surface area contributed by atoms with E-state index < -0.39 is 21.3 Å². The zero-order valence-corrected chi connectivity index (χ0v) is 36.3. The van der Waals surface area contributed by atoms with Crippen molar-refractivity contribution < 1.29 is 46.1 Å². The monoisotopic (exact) mass is 820 g/mol. The van der Waals surface area contributed by atoms with Gasteiger partial charge in [-0.15, -0.1) is 0 Å². The van der Waals surface area contributed by atoms with Crippen LogP contribution in [0.3, 0.4) is 0 Å². The summed E-state index contributed by atoms with van der Waals surface area (Å²) in [6.45, 7) is 18.9. The first-order valence-corrected chi connectivity index (χ1v) is 22.4. The molecule has 0 bridgehead atoms. The maximum absolute atomic E-state index is 6.43. The van der Waals surface area contributed by atoms with Crippen molar-refractivity contribution in [1.82, 2.24) is 0 Å². The number of hydrogen-bond donors (Lipinski definition) is 0. The molecular formula is C45H50Cl4Zr. The van der Waals surface area contributed by atoms with Crippen molar-refractivity contribution in [2.45, 2.75) is 102 Å². The standard InChI is InChI=1S/C33H31Cl2.C7H14.C5H5.2ClH.Zr/c1-32(2,3)30-18-26-22(16-28(30)20-7-11-24(34)12-8-20)15-23-17-29(21-9-13-25(35)14-10-21)31(19-27(23)26)33(4,5)6;1-3-5-7-6-4-2;1-2-4-5-3-1;;;/h7-19H,1-6H3;3-6H2,1-2H3;1-3H,4H2;2*1H;/q;;;;;+2/p-2. The van der Waals surface area contributed by atoms with E-state index >= 15 is 0 Å². The molecule has 0 nitrogen and oxygen atoms in total. The van der Waals surface area contributed by atoms with Crippen molar-refractivity contribution in [2.75, 3.05) is 0 Å². The van der Waals surface area contributed by atoms with Gasteiger partial charge in [-0.05, 0) is 0 Å². The summed E-state index contributed by atoms with van der Waals surface area (Å²) in [5.41, 5.74) is 13.9. The molecule has 5 heteroatoms. The topological polar surface area (TPSA) is 0 Å². The SMILES string of the molecule is CCC[C](CCC)=[Zr+2]([C]1=CC=CC1)[CH]1c2cc(-c3ccc(Cl)cc3)c(C(C)(C)C)cc2-c2cc(C(C)(C)C)c(-c3ccc(Cl)cc3)cc21.[Cl-].[Cl-]. The van der Waals surface area contributed by atoms with Crippen molar-refractivity contribution >= 4 is 26.4 Å². The van der Waals surface area contributed by atoms with Crippen molar-refractivity contribution in [3.05, 3.63) is 127 Å². The predicted molar refractivity (Wildman–Crippen MR) is 209 cm³/mol. The van der Waals surface area contributed by atoms with Gasteiger partial charge in [0.2, 0.25) is 0 Å². The zero-order valence-electron chi connectivity index (χ0n) is 30.8. The Bertz CT molecular complexity index is 1810. The molecule has 262 valence electrons. The van der Waals surface area contributed by atoms with Gasteiger partial charge in [-0.25, -0.2) is 0 Å². The molecule has 0 aliphatic heterocycles. The molecule has 0 radical (unpaired) electrons. The van der Waals surface area contributed by atoms with E-state index in [0.29, 0.717) is 3.63 Å². The van der Waals surface area contributed by atoms with E-state index in [0.717, 1.165) is 16.5 Å². The van der Waals surface area contributed by atoms with Crippen LogP contribution in [-0.4, -0.2) is 3.21 Å². The van der Waals surface area contributed by atoms with Gasteiger partial charge in [-0.2, -0.15) is 0 Å². The number of halogens is 4. The zero-order chi connectivity index (χ0) is 34.4. The molecule has 4 aromatic rings. The van der Waals surface area contributed by atoms with Gasteiger partial charge in [0.1, 0.15) is 0 Å². The van der Waals surface area contributed by atoms with Crippen LogP contribution in [0.5, 0.6) is 0 Å². The van der Waals surface area contributed by atoms with Gasteiger partial charge in [0.05, 0.1) is 0 Å². The molecule has 0 unspecified atom stereocenters. The second kappa shape index (κ2) is 16.5. The van der Waals surface area contributed by atoms with Crippen molar-refractivity contribution in [3.8, 4) is 33.4 Å². The second-order valence-corrected chi connectivity index (χ2v) is 23.4. The molecule has 0 saturated heterocycles. The Kier molecular flexibility index (Phi) is 13.6. The van der Waals surface area contributed by atoms with E-state index in [4.69, 9.17) is 23.2 Å². The van der Waals surface area contributed by atoms with E-state index in [-0.39, 0.29) is 35.6 Å². The molecule has 0 aromatic heterocycles. The van der Waals surface area contributed by atoms with Gasteiger partial charge in [0.25, 0.3) is 0 Å². The molecule has 0 spiro atoms. The van der Waals surface area contributed by atoms with Crippen LogP contribution in [-0.2, 0) is 32.1 Å². The minimum Gasteiger partial charge on any atom is -1.00 e. The minimum absolute atomic E-state index is 0. The first-order valence-electron chi connectivity index (χ1n) is 17.8. The minimum atomic E-state index is -2.48. The van der Waals surface area contributed by atoms with E-state index in [9.17, 15) is 0 Å². The molecule has 0 heterocycles. The van der Waals surface area contributed by atoms with E-state index in [1.54, 1.807) is 14.4 Å². The molecule has 0 fully saturated rings. The molecular weight excluding hydrogens is 774 g/mol. The van der Waals surface area contributed by atoms with Crippen LogP contribution in [0.2, 0.25) is 10.0 Å². The van der Waals surface area contributed by atoms with Crippen molar-refractivity contribution in [3.63, 3.8) is 0 Å². The summed E-state index contributed by atoms with van der Waals surface area (Å²) in [6.07, 6.45) is 13.3. The molecule has 0 N–H and O–H groups in total. The first kappa shape index (κ1) is 41.0. The van der Waals surface area contributed by atoms with Crippen LogP contribution in [0.4, 0.5) is 0 Å². The summed E-state index contributed by atoms with van der Waals surface area (Å²) < 4.78 is 4.07. The summed E-state index contributed by atoms with van der Waals surface area (Å²) in [5, 5.41) is 1.56. The summed E-state index contributed by atoms with van der Waals surface area (Å²) in [4.78, 5) is 0. The number of allylic oxidation sites excluding steroid dienone is 4. The fourth-order valence-corrected chi connectivity index (χ4v) is 17.9. The first-order chi connectivity index (χ1) is 22.8. The fourth-order valence-electron chi connectivity index (χ4n) is 7.89. The van der Waals surface area contributed by atoms with Crippen molar-refractivity contribution in [1.29, 1.82) is 0 Å². The van der Waals surface area contributed by atoms with Crippen LogP contribution in [0.25, 0.3) is 33.4 Å². The molecule has 4 aromatic carbocycles. The number of fused-ring (bicyclic) bond motifs is 3. The van der Waals surface area contributed by atoms with E-state index in [2.05, 4.69) is 122 Å². The second-order valence-electron chi connectivity index (χ2n) is 15.8. The molecule has 2 aliphatic carbocycles. The Morgan fingerprint density at radius 3 is 1.40 bits per heavy atom. The Balaban J connectivity index is 0.00000281. The van der Waals surface area contributed by atoms with Crippen LogP contribution < -0.4 is 24.8 Å². The van der Waals surface area contributed by atoms with E-state index in [1.807, 2.05) is 27.5 Å². The number of benzene rings is 4. The van der Waals surface area contributed by atoms with Gasteiger partial charge in [-0.3, -0.25) is 0 Å². The number of rotatable bonds is 8. The van der Waals surface area contributed by atoms with Crippen LogP contribution in [0, 0.1) is 0 Å². The average Bonchev–Trinajstić information content (AvgIpc) is 3.67. The van der Waals surface area contributed by atoms with Crippen molar-refractivity contribution in [2.24, 2.45) is 0 Å². The number of hydrogen-bond acceptors (Lipinski definition) is 0. The molecule has 50 heavy (non-hydrogen) atoms. The molecule has 0 amide bonds. The maximum Gasteiger partial charge on any atom is -1.00 e. The van der Waals surface area contributed by atoms with Crippen LogP contribution in [0.15, 0.2) is 94.3 Å². The third-order valence-electron chi connectivity index (χ3n) is 10.1. The Labute approximate surface area is 331 Å². The summed E-state index contributed by atoms with van der Waals surface area (Å²) in [5.74, 6) is 0. The summed E-state index contributed by atoms with van der Waals surface area (Å²) in [7, 11) is 0. The third kappa shape index (κ3) is 8.24. The summed E-state index contributed by atoms with van der Waals surface area (Å²) in [6, 6.07) is 27.4. The maximum atomic E-state index is 6.43. The van der Waals surface area contributed by atoms with Gasteiger partial charge < -0.3 is 24.8 Å². The Morgan fingerprint density at radius 2 is 1.06 bits per heavy atom. The Morgan fingerprint density at radius 1 is 0.640 bits per heavy atom.